The van der Waals surface area contributed by atoms with E-state index in [1.807, 2.05) is 13.8 Å². The predicted molar refractivity (Wildman–Crippen MR) is 104 cm³/mol. The summed E-state index contributed by atoms with van der Waals surface area (Å²) in [7, 11) is 1.48. The number of benzene rings is 1. The first-order valence-electron chi connectivity index (χ1n) is 9.16. The molecule has 0 amide bonds. The molecule has 0 aromatic heterocycles. The van der Waals surface area contributed by atoms with E-state index in [4.69, 9.17) is 27.9 Å². The van der Waals surface area contributed by atoms with Crippen molar-refractivity contribution in [3.05, 3.63) is 34.9 Å². The molecule has 0 saturated heterocycles. The minimum absolute atomic E-state index is 0.0378. The van der Waals surface area contributed by atoms with Crippen molar-refractivity contribution in [2.24, 2.45) is 11.3 Å². The van der Waals surface area contributed by atoms with Crippen molar-refractivity contribution in [3.8, 4) is 0 Å². The zero-order valence-corrected chi connectivity index (χ0v) is 17.1. The van der Waals surface area contributed by atoms with Gasteiger partial charge >= 0.3 is 5.97 Å². The van der Waals surface area contributed by atoms with Crippen molar-refractivity contribution in [1.82, 2.24) is 0 Å². The molecule has 0 spiro atoms. The Morgan fingerprint density at radius 2 is 2.08 bits per heavy atom. The molecule has 3 atom stereocenters. The fourth-order valence-corrected chi connectivity index (χ4v) is 5.88. The second-order valence-corrected chi connectivity index (χ2v) is 9.70. The van der Waals surface area contributed by atoms with Gasteiger partial charge in [0.15, 0.2) is 0 Å². The van der Waals surface area contributed by atoms with Gasteiger partial charge in [-0.2, -0.15) is 0 Å². The van der Waals surface area contributed by atoms with E-state index in [1.165, 1.54) is 18.2 Å². The molecule has 1 fully saturated rings. The molecule has 0 heterocycles. The van der Waals surface area contributed by atoms with Crippen molar-refractivity contribution in [1.29, 1.82) is 0 Å². The molecule has 0 bridgehead atoms. The van der Waals surface area contributed by atoms with Gasteiger partial charge in [-0.25, -0.2) is 0 Å². The number of methoxy groups -OCH3 is 1. The van der Waals surface area contributed by atoms with Gasteiger partial charge in [0, 0.05) is 5.88 Å². The lowest BCUT2D eigenvalue weighted by atomic mass is 9.49. The van der Waals surface area contributed by atoms with Crippen LogP contribution in [0, 0.1) is 11.3 Å². The predicted octanol–water partition coefficient (Wildman–Crippen LogP) is 5.56. The molecule has 1 unspecified atom stereocenters. The van der Waals surface area contributed by atoms with Gasteiger partial charge < -0.3 is 4.74 Å². The summed E-state index contributed by atoms with van der Waals surface area (Å²) in [5.74, 6) is 0.420. The van der Waals surface area contributed by atoms with Gasteiger partial charge in [0.25, 0.3) is 0 Å². The molecule has 1 aromatic carbocycles. The Labute approximate surface area is 161 Å². The van der Waals surface area contributed by atoms with E-state index in [9.17, 15) is 4.79 Å². The summed E-state index contributed by atoms with van der Waals surface area (Å²) in [6, 6.07) is 6.65. The van der Waals surface area contributed by atoms with E-state index < -0.39 is 5.41 Å². The highest BCUT2D eigenvalue weighted by atomic mass is 35.5. The number of rotatable bonds is 3. The van der Waals surface area contributed by atoms with E-state index >= 15 is 0 Å². The van der Waals surface area contributed by atoms with E-state index in [1.54, 1.807) is 0 Å². The maximum absolute atomic E-state index is 12.7. The summed E-state index contributed by atoms with van der Waals surface area (Å²) in [6.07, 6.45) is 4.84. The minimum Gasteiger partial charge on any atom is -0.469 e. The first kappa shape index (κ1) is 19.0. The lowest BCUT2D eigenvalue weighted by Crippen LogP contribution is -2.55. The first-order valence-corrected chi connectivity index (χ1v) is 10.1. The number of hydrogen-bond donors (Lipinski definition) is 0. The van der Waals surface area contributed by atoms with Gasteiger partial charge in [-0.15, -0.1) is 23.2 Å². The number of ether oxygens (including phenoxy) is 1. The van der Waals surface area contributed by atoms with Crippen LogP contribution in [0.4, 0.5) is 0 Å². The molecular formula is C21H28Cl2O2. The SMILES string of the molecule is COC(=O)[C@@]1(CCl)CCC[C@@]2(C)c3ccc(C(C)(C)Cl)cc3CCC12. The molecule has 2 nitrogen and oxygen atoms in total. The summed E-state index contributed by atoms with van der Waals surface area (Å²) in [6.45, 7) is 6.37. The summed E-state index contributed by atoms with van der Waals surface area (Å²) < 4.78 is 5.19. The molecular weight excluding hydrogens is 355 g/mol. The lowest BCUT2D eigenvalue weighted by Gasteiger charge is -2.54. The average Bonchev–Trinajstić information content (AvgIpc) is 2.58. The van der Waals surface area contributed by atoms with Crippen LogP contribution in [0.15, 0.2) is 18.2 Å². The molecule has 4 heteroatoms. The summed E-state index contributed by atoms with van der Waals surface area (Å²) >= 11 is 12.9. The maximum atomic E-state index is 12.7. The van der Waals surface area contributed by atoms with Gasteiger partial charge in [-0.05, 0) is 67.6 Å². The Hall–Kier alpha value is -0.730. The van der Waals surface area contributed by atoms with Gasteiger partial charge in [0.2, 0.25) is 0 Å². The van der Waals surface area contributed by atoms with Crippen molar-refractivity contribution < 1.29 is 9.53 Å². The van der Waals surface area contributed by atoms with Crippen molar-refractivity contribution in [2.45, 2.75) is 63.2 Å². The van der Waals surface area contributed by atoms with Crippen molar-refractivity contribution in [3.63, 3.8) is 0 Å². The van der Waals surface area contributed by atoms with E-state index in [-0.39, 0.29) is 22.2 Å². The third kappa shape index (κ3) is 2.90. The Morgan fingerprint density at radius 3 is 2.68 bits per heavy atom. The number of alkyl halides is 2. The Balaban J connectivity index is 2.08. The number of carbonyl (C=O) groups is 1. The Bertz CT molecular complexity index is 679. The normalized spacial score (nSPS) is 31.8. The molecule has 1 saturated carbocycles. The van der Waals surface area contributed by atoms with Gasteiger partial charge in [-0.1, -0.05) is 31.5 Å². The molecule has 138 valence electrons. The van der Waals surface area contributed by atoms with Crippen LogP contribution < -0.4 is 0 Å². The van der Waals surface area contributed by atoms with Crippen LogP contribution in [0.2, 0.25) is 0 Å². The van der Waals surface area contributed by atoms with Crippen LogP contribution in [0.3, 0.4) is 0 Å². The fraction of sp³-hybridized carbons (Fsp3) is 0.667. The molecule has 0 N–H and O–H groups in total. The zero-order valence-electron chi connectivity index (χ0n) is 15.6. The Morgan fingerprint density at radius 1 is 1.36 bits per heavy atom. The molecule has 0 aliphatic heterocycles. The van der Waals surface area contributed by atoms with E-state index in [0.717, 1.165) is 37.7 Å². The number of hydrogen-bond acceptors (Lipinski definition) is 2. The van der Waals surface area contributed by atoms with Crippen LogP contribution in [0.5, 0.6) is 0 Å². The highest BCUT2D eigenvalue weighted by molar-refractivity contribution is 6.23. The lowest BCUT2D eigenvalue weighted by molar-refractivity contribution is -0.160. The zero-order chi connectivity index (χ0) is 18.5. The number of aryl methyl sites for hydroxylation is 1. The fourth-order valence-electron chi connectivity index (χ4n) is 5.34. The quantitative estimate of drug-likeness (QED) is 0.504. The number of esters is 1. The third-order valence-corrected chi connectivity index (χ3v) is 7.39. The maximum Gasteiger partial charge on any atom is 0.313 e. The molecule has 0 radical (unpaired) electrons. The molecule has 3 rings (SSSR count). The summed E-state index contributed by atoms with van der Waals surface area (Å²) in [4.78, 5) is 12.3. The van der Waals surface area contributed by atoms with Crippen LogP contribution in [0.1, 0.15) is 63.1 Å². The average molecular weight is 383 g/mol. The molecule has 25 heavy (non-hydrogen) atoms. The van der Waals surface area contributed by atoms with Crippen molar-refractivity contribution in [2.75, 3.05) is 13.0 Å². The topological polar surface area (TPSA) is 26.3 Å². The third-order valence-electron chi connectivity index (χ3n) is 6.69. The van der Waals surface area contributed by atoms with Crippen LogP contribution in [-0.4, -0.2) is 19.0 Å². The first-order chi connectivity index (χ1) is 11.7. The Kier molecular flexibility index (Phi) is 4.92. The second-order valence-electron chi connectivity index (χ2n) is 8.49. The number of fused-ring (bicyclic) bond motifs is 3. The van der Waals surface area contributed by atoms with Crippen LogP contribution >= 0.6 is 23.2 Å². The highest BCUT2D eigenvalue weighted by Gasteiger charge is 2.57. The number of halogens is 2. The summed E-state index contributed by atoms with van der Waals surface area (Å²) in [5, 5.41) is 0. The molecule has 2 aliphatic rings. The standard InChI is InChI=1S/C21H28Cl2O2/c1-19(2,23)15-7-8-16-14(12-15)6-9-17-20(16,3)10-5-11-21(17,13-22)18(24)25-4/h7-8,12,17H,5-6,9-11,13H2,1-4H3/t17?,20-,21+/m0/s1. The highest BCUT2D eigenvalue weighted by Crippen LogP contribution is 2.58. The summed E-state index contributed by atoms with van der Waals surface area (Å²) in [5.41, 5.74) is 3.30. The van der Waals surface area contributed by atoms with Gasteiger partial charge in [0.1, 0.15) is 0 Å². The monoisotopic (exact) mass is 382 g/mol. The molecule has 1 aromatic rings. The van der Waals surface area contributed by atoms with E-state index in [2.05, 4.69) is 25.1 Å². The second kappa shape index (κ2) is 6.46. The molecule has 2 aliphatic carbocycles. The minimum atomic E-state index is -0.564. The smallest absolute Gasteiger partial charge is 0.313 e. The van der Waals surface area contributed by atoms with Gasteiger partial charge in [0.05, 0.1) is 17.4 Å². The van der Waals surface area contributed by atoms with Gasteiger partial charge in [-0.3, -0.25) is 4.79 Å². The van der Waals surface area contributed by atoms with Crippen LogP contribution in [0.25, 0.3) is 0 Å². The van der Waals surface area contributed by atoms with Crippen LogP contribution in [-0.2, 0) is 26.2 Å². The largest absolute Gasteiger partial charge is 0.469 e. The number of carbonyl (C=O) groups excluding carboxylic acids is 1. The van der Waals surface area contributed by atoms with Crippen molar-refractivity contribution >= 4 is 29.2 Å². The van der Waals surface area contributed by atoms with E-state index in [0.29, 0.717) is 5.88 Å².